The Kier molecular flexibility index (Phi) is 3.64. The Balaban J connectivity index is 2.38. The fourth-order valence-corrected chi connectivity index (χ4v) is 2.68. The van der Waals surface area contributed by atoms with E-state index in [1.54, 1.807) is 12.1 Å². The highest BCUT2D eigenvalue weighted by atomic mass is 79.9. The minimum absolute atomic E-state index is 0.227. The number of anilines is 1. The van der Waals surface area contributed by atoms with Crippen LogP contribution in [0.2, 0.25) is 0 Å². The van der Waals surface area contributed by atoms with Crippen molar-refractivity contribution in [2.24, 2.45) is 0 Å². The number of aromatic nitrogens is 1. The molecular weight excluding hydrogens is 331 g/mol. The molecule has 3 rings (SSSR count). The third-order valence-electron chi connectivity index (χ3n) is 3.38. The van der Waals surface area contributed by atoms with Crippen molar-refractivity contribution in [1.82, 2.24) is 4.98 Å². The highest BCUT2D eigenvalue weighted by Crippen LogP contribution is 2.33. The van der Waals surface area contributed by atoms with Crippen LogP contribution in [0.15, 0.2) is 53.0 Å². The SMILES string of the molecule is CN(C)c1cc(-c2ccccc2F)c2cc(Br)ccc2n1. The summed E-state index contributed by atoms with van der Waals surface area (Å²) in [6.45, 7) is 0. The maximum absolute atomic E-state index is 14.2. The van der Waals surface area contributed by atoms with E-state index in [1.165, 1.54) is 6.07 Å². The molecule has 106 valence electrons. The molecule has 3 aromatic rings. The van der Waals surface area contributed by atoms with Crippen molar-refractivity contribution in [3.63, 3.8) is 0 Å². The third kappa shape index (κ3) is 2.63. The Bertz CT molecular complexity index is 815. The second kappa shape index (κ2) is 5.45. The minimum atomic E-state index is -0.227. The van der Waals surface area contributed by atoms with Crippen molar-refractivity contribution in [2.75, 3.05) is 19.0 Å². The first-order chi connectivity index (χ1) is 10.1. The summed E-state index contributed by atoms with van der Waals surface area (Å²) in [5, 5.41) is 0.931. The van der Waals surface area contributed by atoms with Crippen LogP contribution in [0.5, 0.6) is 0 Å². The smallest absolute Gasteiger partial charge is 0.131 e. The molecule has 0 unspecified atom stereocenters. The topological polar surface area (TPSA) is 16.1 Å². The molecule has 0 aliphatic heterocycles. The molecule has 0 fully saturated rings. The molecule has 0 saturated heterocycles. The molecule has 0 bridgehead atoms. The second-order valence-electron chi connectivity index (χ2n) is 5.06. The fourth-order valence-electron chi connectivity index (χ4n) is 2.32. The lowest BCUT2D eigenvalue weighted by Crippen LogP contribution is -2.10. The molecule has 1 heterocycles. The zero-order valence-electron chi connectivity index (χ0n) is 11.8. The molecule has 0 aliphatic carbocycles. The van der Waals surface area contributed by atoms with Crippen molar-refractivity contribution < 1.29 is 4.39 Å². The molecule has 2 nitrogen and oxygen atoms in total. The van der Waals surface area contributed by atoms with Gasteiger partial charge in [-0.15, -0.1) is 0 Å². The van der Waals surface area contributed by atoms with Gasteiger partial charge in [0.05, 0.1) is 5.52 Å². The maximum atomic E-state index is 14.2. The van der Waals surface area contributed by atoms with Crippen molar-refractivity contribution in [1.29, 1.82) is 0 Å². The van der Waals surface area contributed by atoms with Gasteiger partial charge in [0.15, 0.2) is 0 Å². The largest absolute Gasteiger partial charge is 0.363 e. The van der Waals surface area contributed by atoms with E-state index in [9.17, 15) is 4.39 Å². The third-order valence-corrected chi connectivity index (χ3v) is 3.87. The quantitative estimate of drug-likeness (QED) is 0.659. The first kappa shape index (κ1) is 14.0. The van der Waals surface area contributed by atoms with E-state index >= 15 is 0 Å². The average Bonchev–Trinajstić information content (AvgIpc) is 2.47. The van der Waals surface area contributed by atoms with Crippen LogP contribution in [-0.4, -0.2) is 19.1 Å². The molecule has 0 saturated carbocycles. The number of rotatable bonds is 2. The number of benzene rings is 2. The van der Waals surface area contributed by atoms with Gasteiger partial charge in [-0.05, 0) is 35.9 Å². The van der Waals surface area contributed by atoms with E-state index in [2.05, 4.69) is 20.9 Å². The molecule has 0 atom stereocenters. The van der Waals surface area contributed by atoms with Crippen molar-refractivity contribution in [3.05, 3.63) is 58.8 Å². The molecule has 2 aromatic carbocycles. The van der Waals surface area contributed by atoms with Crippen molar-refractivity contribution in [2.45, 2.75) is 0 Å². The van der Waals surface area contributed by atoms with Gasteiger partial charge < -0.3 is 4.90 Å². The summed E-state index contributed by atoms with van der Waals surface area (Å²) in [7, 11) is 3.86. The molecular formula is C17H14BrFN2. The number of hydrogen-bond donors (Lipinski definition) is 0. The Morgan fingerprint density at radius 1 is 1.00 bits per heavy atom. The normalized spacial score (nSPS) is 10.9. The summed E-state index contributed by atoms with van der Waals surface area (Å²) in [6, 6.07) is 14.6. The summed E-state index contributed by atoms with van der Waals surface area (Å²) >= 11 is 3.47. The van der Waals surface area contributed by atoms with Gasteiger partial charge in [-0.3, -0.25) is 0 Å². The molecule has 1 aromatic heterocycles. The predicted octanol–water partition coefficient (Wildman–Crippen LogP) is 4.87. The Hall–Kier alpha value is -1.94. The van der Waals surface area contributed by atoms with Gasteiger partial charge in [0.1, 0.15) is 11.6 Å². The van der Waals surface area contributed by atoms with Gasteiger partial charge in [-0.25, -0.2) is 9.37 Å². The molecule has 0 N–H and O–H groups in total. The van der Waals surface area contributed by atoms with Crippen LogP contribution >= 0.6 is 15.9 Å². The lowest BCUT2D eigenvalue weighted by molar-refractivity contribution is 0.631. The highest BCUT2D eigenvalue weighted by molar-refractivity contribution is 9.10. The fraction of sp³-hybridized carbons (Fsp3) is 0.118. The molecule has 0 amide bonds. The van der Waals surface area contributed by atoms with Crippen molar-refractivity contribution >= 4 is 32.7 Å². The minimum Gasteiger partial charge on any atom is -0.363 e. The average molecular weight is 345 g/mol. The molecule has 4 heteroatoms. The summed E-state index contributed by atoms with van der Waals surface area (Å²) < 4.78 is 15.1. The van der Waals surface area contributed by atoms with Crippen LogP contribution < -0.4 is 4.90 Å². The van der Waals surface area contributed by atoms with Gasteiger partial charge >= 0.3 is 0 Å². The van der Waals surface area contributed by atoms with Gasteiger partial charge in [0.25, 0.3) is 0 Å². The zero-order chi connectivity index (χ0) is 15.0. The van der Waals surface area contributed by atoms with Gasteiger partial charge in [-0.1, -0.05) is 34.1 Å². The van der Waals surface area contributed by atoms with Gasteiger partial charge in [0.2, 0.25) is 0 Å². The van der Waals surface area contributed by atoms with Crippen LogP contribution in [0.1, 0.15) is 0 Å². The second-order valence-corrected chi connectivity index (χ2v) is 5.98. The number of pyridine rings is 1. The standard InChI is InChI=1S/C17H14BrFN2/c1-21(2)17-10-13(12-5-3-4-6-15(12)19)14-9-11(18)7-8-16(14)20-17/h3-10H,1-2H3. The first-order valence-electron chi connectivity index (χ1n) is 6.59. The van der Waals surface area contributed by atoms with Crippen LogP contribution in [-0.2, 0) is 0 Å². The van der Waals surface area contributed by atoms with E-state index in [1.807, 2.05) is 49.3 Å². The summed E-state index contributed by atoms with van der Waals surface area (Å²) in [5.41, 5.74) is 2.29. The predicted molar refractivity (Wildman–Crippen MR) is 89.2 cm³/mol. The van der Waals surface area contributed by atoms with E-state index < -0.39 is 0 Å². The van der Waals surface area contributed by atoms with E-state index in [-0.39, 0.29) is 5.82 Å². The summed E-state index contributed by atoms with van der Waals surface area (Å²) in [6.07, 6.45) is 0. The molecule has 0 aliphatic rings. The number of hydrogen-bond acceptors (Lipinski definition) is 2. The van der Waals surface area contributed by atoms with E-state index in [0.29, 0.717) is 5.56 Å². The Morgan fingerprint density at radius 2 is 1.76 bits per heavy atom. The summed E-state index contributed by atoms with van der Waals surface area (Å²) in [4.78, 5) is 6.54. The van der Waals surface area contributed by atoms with Crippen molar-refractivity contribution in [3.8, 4) is 11.1 Å². The summed E-state index contributed by atoms with van der Waals surface area (Å²) in [5.74, 6) is 0.581. The van der Waals surface area contributed by atoms with Gasteiger partial charge in [-0.2, -0.15) is 0 Å². The van der Waals surface area contributed by atoms with Gasteiger partial charge in [0, 0.05) is 29.5 Å². The zero-order valence-corrected chi connectivity index (χ0v) is 13.4. The number of halogens is 2. The van der Waals surface area contributed by atoms with Crippen LogP contribution in [0.25, 0.3) is 22.0 Å². The number of fused-ring (bicyclic) bond motifs is 1. The van der Waals surface area contributed by atoms with Crippen LogP contribution in [0.4, 0.5) is 10.2 Å². The Labute approximate surface area is 131 Å². The van der Waals surface area contributed by atoms with E-state index in [4.69, 9.17) is 0 Å². The first-order valence-corrected chi connectivity index (χ1v) is 7.38. The number of nitrogens with zero attached hydrogens (tertiary/aromatic N) is 2. The van der Waals surface area contributed by atoms with Crippen LogP contribution in [0, 0.1) is 5.82 Å². The molecule has 0 radical (unpaired) electrons. The highest BCUT2D eigenvalue weighted by Gasteiger charge is 2.12. The van der Waals surface area contributed by atoms with Crippen LogP contribution in [0.3, 0.4) is 0 Å². The lowest BCUT2D eigenvalue weighted by atomic mass is 10.0. The Morgan fingerprint density at radius 3 is 2.48 bits per heavy atom. The maximum Gasteiger partial charge on any atom is 0.131 e. The molecule has 0 spiro atoms. The lowest BCUT2D eigenvalue weighted by Gasteiger charge is -2.16. The molecule has 21 heavy (non-hydrogen) atoms. The van der Waals surface area contributed by atoms with E-state index in [0.717, 1.165) is 26.8 Å². The monoisotopic (exact) mass is 344 g/mol.